The molecule has 0 spiro atoms. The number of hydrogen-bond acceptors (Lipinski definition) is 4. The fourth-order valence-electron chi connectivity index (χ4n) is 1.93. The third-order valence-electron chi connectivity index (χ3n) is 2.71. The molecule has 0 aliphatic carbocycles. The van der Waals surface area contributed by atoms with E-state index in [1.807, 2.05) is 12.3 Å². The van der Waals surface area contributed by atoms with Gasteiger partial charge in [-0.05, 0) is 42.4 Å². The van der Waals surface area contributed by atoms with Crippen LogP contribution >= 0.6 is 11.3 Å². The molecule has 4 heteroatoms. The summed E-state index contributed by atoms with van der Waals surface area (Å²) in [4.78, 5) is 6.69. The van der Waals surface area contributed by atoms with E-state index in [9.17, 15) is 0 Å². The summed E-state index contributed by atoms with van der Waals surface area (Å²) < 4.78 is 0. The lowest BCUT2D eigenvalue weighted by atomic mass is 10.2. The van der Waals surface area contributed by atoms with Gasteiger partial charge in [-0.25, -0.2) is 4.98 Å². The van der Waals surface area contributed by atoms with Gasteiger partial charge in [0.15, 0.2) is 0 Å². The van der Waals surface area contributed by atoms with Gasteiger partial charge >= 0.3 is 0 Å². The third-order valence-corrected chi connectivity index (χ3v) is 3.44. The Kier molecular flexibility index (Phi) is 4.73. The Labute approximate surface area is 112 Å². The number of pyridine rings is 1. The molecule has 0 saturated heterocycles. The molecule has 0 radical (unpaired) electrons. The fraction of sp³-hybridized carbons (Fsp3) is 0.357. The predicted octanol–water partition coefficient (Wildman–Crippen LogP) is 3.21. The first-order chi connectivity index (χ1) is 8.79. The molecule has 0 aliphatic heterocycles. The number of anilines is 1. The van der Waals surface area contributed by atoms with Crippen LogP contribution in [0.15, 0.2) is 35.2 Å². The van der Waals surface area contributed by atoms with Crippen molar-refractivity contribution in [2.24, 2.45) is 0 Å². The number of rotatable bonds is 6. The SMILES string of the molecule is CCNc1ncccc1CN(C)Cc1ccsc1. The van der Waals surface area contributed by atoms with Gasteiger partial charge in [0.2, 0.25) is 0 Å². The Hall–Kier alpha value is -1.39. The Morgan fingerprint density at radius 1 is 1.33 bits per heavy atom. The van der Waals surface area contributed by atoms with Crippen molar-refractivity contribution < 1.29 is 0 Å². The molecule has 0 unspecified atom stereocenters. The lowest BCUT2D eigenvalue weighted by molar-refractivity contribution is 0.319. The Morgan fingerprint density at radius 2 is 2.22 bits per heavy atom. The van der Waals surface area contributed by atoms with Gasteiger partial charge in [-0.2, -0.15) is 11.3 Å². The average molecular weight is 261 g/mol. The molecule has 2 aromatic rings. The highest BCUT2D eigenvalue weighted by molar-refractivity contribution is 7.07. The number of nitrogens with zero attached hydrogens (tertiary/aromatic N) is 2. The highest BCUT2D eigenvalue weighted by atomic mass is 32.1. The van der Waals surface area contributed by atoms with Crippen molar-refractivity contribution in [3.63, 3.8) is 0 Å². The molecule has 0 atom stereocenters. The van der Waals surface area contributed by atoms with Gasteiger partial charge in [0, 0.05) is 31.4 Å². The van der Waals surface area contributed by atoms with Crippen LogP contribution in [0, 0.1) is 0 Å². The van der Waals surface area contributed by atoms with Crippen LogP contribution < -0.4 is 5.32 Å². The molecular formula is C14H19N3S. The number of aromatic nitrogens is 1. The third kappa shape index (κ3) is 3.55. The topological polar surface area (TPSA) is 28.2 Å². The zero-order valence-electron chi connectivity index (χ0n) is 10.9. The average Bonchev–Trinajstić information content (AvgIpc) is 2.84. The molecule has 0 aromatic carbocycles. The lowest BCUT2D eigenvalue weighted by Crippen LogP contribution is -2.18. The van der Waals surface area contributed by atoms with Crippen molar-refractivity contribution in [1.82, 2.24) is 9.88 Å². The molecule has 0 bridgehead atoms. The van der Waals surface area contributed by atoms with Crippen LogP contribution in [-0.4, -0.2) is 23.5 Å². The van der Waals surface area contributed by atoms with E-state index in [1.165, 1.54) is 11.1 Å². The second-order valence-electron chi connectivity index (χ2n) is 4.35. The summed E-state index contributed by atoms with van der Waals surface area (Å²) in [6, 6.07) is 6.30. The summed E-state index contributed by atoms with van der Waals surface area (Å²) in [6.07, 6.45) is 1.83. The summed E-state index contributed by atoms with van der Waals surface area (Å²) in [7, 11) is 2.14. The maximum absolute atomic E-state index is 4.38. The van der Waals surface area contributed by atoms with Gasteiger partial charge in [-0.3, -0.25) is 4.90 Å². The molecule has 2 heterocycles. The Morgan fingerprint density at radius 3 is 2.94 bits per heavy atom. The molecular weight excluding hydrogens is 242 g/mol. The van der Waals surface area contributed by atoms with Crippen molar-refractivity contribution in [3.8, 4) is 0 Å². The summed E-state index contributed by atoms with van der Waals surface area (Å²) in [5.74, 6) is 0.997. The minimum Gasteiger partial charge on any atom is -0.370 e. The Balaban J connectivity index is 2.00. The van der Waals surface area contributed by atoms with Gasteiger partial charge in [-0.1, -0.05) is 6.07 Å². The highest BCUT2D eigenvalue weighted by Gasteiger charge is 2.06. The normalized spacial score (nSPS) is 10.8. The molecule has 96 valence electrons. The molecule has 0 saturated carbocycles. The van der Waals surface area contributed by atoms with Crippen LogP contribution in [0.5, 0.6) is 0 Å². The molecule has 2 aromatic heterocycles. The van der Waals surface area contributed by atoms with Crippen molar-refractivity contribution in [3.05, 3.63) is 46.3 Å². The number of hydrogen-bond donors (Lipinski definition) is 1. The minimum absolute atomic E-state index is 0.901. The molecule has 0 amide bonds. The highest BCUT2D eigenvalue weighted by Crippen LogP contribution is 2.15. The maximum atomic E-state index is 4.38. The van der Waals surface area contributed by atoms with E-state index in [2.05, 4.69) is 52.1 Å². The van der Waals surface area contributed by atoms with Crippen molar-refractivity contribution in [2.75, 3.05) is 18.9 Å². The smallest absolute Gasteiger partial charge is 0.130 e. The first-order valence-electron chi connectivity index (χ1n) is 6.17. The standard InChI is InChI=1S/C14H19N3S/c1-3-15-14-13(5-4-7-16-14)10-17(2)9-12-6-8-18-11-12/h4-8,11H,3,9-10H2,1-2H3,(H,15,16). The van der Waals surface area contributed by atoms with Gasteiger partial charge in [0.25, 0.3) is 0 Å². The van der Waals surface area contributed by atoms with E-state index < -0.39 is 0 Å². The van der Waals surface area contributed by atoms with Crippen molar-refractivity contribution in [2.45, 2.75) is 20.0 Å². The van der Waals surface area contributed by atoms with E-state index in [-0.39, 0.29) is 0 Å². The van der Waals surface area contributed by atoms with Gasteiger partial charge in [-0.15, -0.1) is 0 Å². The van der Waals surface area contributed by atoms with E-state index >= 15 is 0 Å². The van der Waals surface area contributed by atoms with Crippen LogP contribution in [0.1, 0.15) is 18.1 Å². The summed E-state index contributed by atoms with van der Waals surface area (Å²) in [5.41, 5.74) is 2.62. The fourth-order valence-corrected chi connectivity index (χ4v) is 2.59. The quantitative estimate of drug-likeness (QED) is 0.865. The zero-order valence-corrected chi connectivity index (χ0v) is 11.7. The second-order valence-corrected chi connectivity index (χ2v) is 5.13. The summed E-state index contributed by atoms with van der Waals surface area (Å²) >= 11 is 1.75. The van der Waals surface area contributed by atoms with Crippen LogP contribution in [0.2, 0.25) is 0 Å². The second kappa shape index (κ2) is 6.52. The molecule has 3 nitrogen and oxygen atoms in total. The molecule has 2 rings (SSSR count). The summed E-state index contributed by atoms with van der Waals surface area (Å²) in [6.45, 7) is 4.88. The van der Waals surface area contributed by atoms with Gasteiger partial charge < -0.3 is 5.32 Å². The van der Waals surface area contributed by atoms with Crippen molar-refractivity contribution >= 4 is 17.2 Å². The van der Waals surface area contributed by atoms with Crippen LogP contribution in [0.3, 0.4) is 0 Å². The van der Waals surface area contributed by atoms with Crippen molar-refractivity contribution in [1.29, 1.82) is 0 Å². The van der Waals surface area contributed by atoms with E-state index in [0.717, 1.165) is 25.5 Å². The molecule has 0 fully saturated rings. The number of thiophene rings is 1. The molecule has 0 aliphatic rings. The lowest BCUT2D eigenvalue weighted by Gasteiger charge is -2.18. The van der Waals surface area contributed by atoms with Gasteiger partial charge in [0.05, 0.1) is 0 Å². The first-order valence-corrected chi connectivity index (χ1v) is 7.11. The van der Waals surface area contributed by atoms with E-state index in [1.54, 1.807) is 11.3 Å². The predicted molar refractivity (Wildman–Crippen MR) is 77.9 cm³/mol. The maximum Gasteiger partial charge on any atom is 0.130 e. The number of nitrogens with one attached hydrogen (secondary N) is 1. The first kappa shape index (κ1) is 13.1. The van der Waals surface area contributed by atoms with Crippen LogP contribution in [0.25, 0.3) is 0 Å². The van der Waals surface area contributed by atoms with Crippen LogP contribution in [-0.2, 0) is 13.1 Å². The Bertz CT molecular complexity index is 468. The molecule has 1 N–H and O–H groups in total. The summed E-state index contributed by atoms with van der Waals surface area (Å²) in [5, 5.41) is 7.63. The van der Waals surface area contributed by atoms with E-state index in [4.69, 9.17) is 0 Å². The van der Waals surface area contributed by atoms with Crippen LogP contribution in [0.4, 0.5) is 5.82 Å². The van der Waals surface area contributed by atoms with E-state index in [0.29, 0.717) is 0 Å². The largest absolute Gasteiger partial charge is 0.370 e. The monoisotopic (exact) mass is 261 g/mol. The molecule has 18 heavy (non-hydrogen) atoms. The van der Waals surface area contributed by atoms with Gasteiger partial charge in [0.1, 0.15) is 5.82 Å². The minimum atomic E-state index is 0.901. The zero-order chi connectivity index (χ0) is 12.8.